The summed E-state index contributed by atoms with van der Waals surface area (Å²) in [5, 5.41) is 22.7. The number of aryl methyl sites for hydroxylation is 1. The molecule has 1 aromatic rings. The van der Waals surface area contributed by atoms with Crippen LogP contribution < -0.4 is 5.32 Å². The molecule has 0 spiro atoms. The number of carbonyl (C=O) groups excluding carboxylic acids is 1. The van der Waals surface area contributed by atoms with Gasteiger partial charge in [0.15, 0.2) is 0 Å². The normalized spacial score (nSPS) is 23.9. The molecule has 202 valence electrons. The van der Waals surface area contributed by atoms with Gasteiger partial charge in [-0.1, -0.05) is 92.8 Å². The number of epoxide rings is 1. The van der Waals surface area contributed by atoms with Crippen molar-refractivity contribution < 1.29 is 19.7 Å². The maximum atomic E-state index is 11.9. The maximum absolute atomic E-state index is 11.9. The summed E-state index contributed by atoms with van der Waals surface area (Å²) < 4.78 is 5.98. The number of ether oxygens (including phenoxy) is 1. The quantitative estimate of drug-likeness (QED) is 0.135. The van der Waals surface area contributed by atoms with Crippen molar-refractivity contribution in [3.05, 3.63) is 95.6 Å². The van der Waals surface area contributed by atoms with Crippen molar-refractivity contribution in [2.45, 2.75) is 78.2 Å². The van der Waals surface area contributed by atoms with Gasteiger partial charge in [-0.3, -0.25) is 4.79 Å². The second-order valence-corrected chi connectivity index (χ2v) is 10.5. The first-order valence-electron chi connectivity index (χ1n) is 13.3. The summed E-state index contributed by atoms with van der Waals surface area (Å²) in [6.07, 6.45) is 16.9. The van der Waals surface area contributed by atoms with E-state index in [1.807, 2.05) is 57.2 Å². The molecule has 1 heterocycles. The van der Waals surface area contributed by atoms with Crippen LogP contribution in [0.25, 0.3) is 0 Å². The largest absolute Gasteiger partial charge is 0.394 e. The minimum absolute atomic E-state index is 0.0103. The standard InChI is InChI=1S/C32H45NO4/c1-23(18-19-28-16-12-10-13-17-28)21-25(3)29(35)27(5)30-32(6,37-30)20-14-9-7-8-11-15-24(2)31(36)33-26(4)22-34/h7-17,20-21,23,26-27,29-30,34-35H,18-19,22H2,1-6H3,(H,33,36)/b9-7+,11-8+,20-14+,24-15+,25-21+/t23-,26-,27-,29-,30-,32+/m0/s1. The minimum Gasteiger partial charge on any atom is -0.394 e. The number of nitrogens with one attached hydrogen (secondary N) is 1. The molecule has 5 nitrogen and oxygen atoms in total. The van der Waals surface area contributed by atoms with E-state index < -0.39 is 6.10 Å². The van der Waals surface area contributed by atoms with Crippen LogP contribution >= 0.6 is 0 Å². The zero-order chi connectivity index (χ0) is 27.4. The molecule has 0 aliphatic carbocycles. The molecule has 37 heavy (non-hydrogen) atoms. The molecule has 3 N–H and O–H groups in total. The molecule has 0 unspecified atom stereocenters. The van der Waals surface area contributed by atoms with E-state index in [4.69, 9.17) is 9.84 Å². The summed E-state index contributed by atoms with van der Waals surface area (Å²) in [6.45, 7) is 11.7. The first-order chi connectivity index (χ1) is 17.6. The van der Waals surface area contributed by atoms with Gasteiger partial charge < -0.3 is 20.3 Å². The number of aliphatic hydroxyl groups is 2. The zero-order valence-electron chi connectivity index (χ0n) is 23.2. The fourth-order valence-electron chi connectivity index (χ4n) is 4.35. The number of allylic oxidation sites excluding steroid dienone is 7. The summed E-state index contributed by atoms with van der Waals surface area (Å²) in [7, 11) is 0. The van der Waals surface area contributed by atoms with E-state index in [0.29, 0.717) is 11.5 Å². The molecule has 0 bridgehead atoms. The van der Waals surface area contributed by atoms with E-state index in [2.05, 4.69) is 42.6 Å². The van der Waals surface area contributed by atoms with Gasteiger partial charge >= 0.3 is 0 Å². The second kappa shape index (κ2) is 14.9. The number of amides is 1. The number of aliphatic hydroxyl groups excluding tert-OH is 2. The highest BCUT2D eigenvalue weighted by atomic mass is 16.6. The molecule has 1 amide bonds. The molecule has 2 rings (SSSR count). The monoisotopic (exact) mass is 507 g/mol. The predicted molar refractivity (Wildman–Crippen MR) is 152 cm³/mol. The van der Waals surface area contributed by atoms with Gasteiger partial charge in [0.2, 0.25) is 5.91 Å². The number of hydrogen-bond donors (Lipinski definition) is 3. The van der Waals surface area contributed by atoms with Crippen molar-refractivity contribution in [2.75, 3.05) is 6.61 Å². The van der Waals surface area contributed by atoms with Crippen molar-refractivity contribution in [1.82, 2.24) is 5.32 Å². The fourth-order valence-corrected chi connectivity index (χ4v) is 4.35. The van der Waals surface area contributed by atoms with Crippen LogP contribution in [0.4, 0.5) is 0 Å². The average molecular weight is 508 g/mol. The molecule has 1 aliphatic heterocycles. The van der Waals surface area contributed by atoms with E-state index in [1.165, 1.54) is 5.56 Å². The van der Waals surface area contributed by atoms with Crippen molar-refractivity contribution in [3.8, 4) is 0 Å². The SMILES string of the molecule is C\C(=C/C=C/C=C/C=C/[C@@]1(C)O[C@H]1[C@@H](C)[C@@H](O)/C(C)=C/[C@@H](C)CCc1ccccc1)C(=O)N[C@@H](C)CO. The van der Waals surface area contributed by atoms with Gasteiger partial charge in [-0.25, -0.2) is 0 Å². The summed E-state index contributed by atoms with van der Waals surface area (Å²) in [6, 6.07) is 10.2. The maximum Gasteiger partial charge on any atom is 0.247 e. The number of rotatable bonds is 14. The Morgan fingerprint density at radius 2 is 1.73 bits per heavy atom. The van der Waals surface area contributed by atoms with E-state index in [0.717, 1.165) is 18.4 Å². The molecule has 1 saturated heterocycles. The number of hydrogen-bond acceptors (Lipinski definition) is 4. The lowest BCUT2D eigenvalue weighted by Gasteiger charge is -2.20. The van der Waals surface area contributed by atoms with Crippen molar-refractivity contribution in [3.63, 3.8) is 0 Å². The Kier molecular flexibility index (Phi) is 12.3. The Labute approximate surface area is 223 Å². The van der Waals surface area contributed by atoms with Crippen LogP contribution in [0.15, 0.2) is 90.1 Å². The Balaban J connectivity index is 1.80. The third-order valence-electron chi connectivity index (χ3n) is 6.84. The second-order valence-electron chi connectivity index (χ2n) is 10.5. The first-order valence-corrected chi connectivity index (χ1v) is 13.3. The summed E-state index contributed by atoms with van der Waals surface area (Å²) >= 11 is 0. The van der Waals surface area contributed by atoms with Crippen LogP contribution in [0.5, 0.6) is 0 Å². The number of benzene rings is 1. The van der Waals surface area contributed by atoms with Crippen LogP contribution in [0.1, 0.15) is 53.5 Å². The molecule has 5 heteroatoms. The third-order valence-corrected chi connectivity index (χ3v) is 6.84. The topological polar surface area (TPSA) is 82.1 Å². The number of carbonyl (C=O) groups is 1. The van der Waals surface area contributed by atoms with Gasteiger partial charge in [0.25, 0.3) is 0 Å². The lowest BCUT2D eigenvalue weighted by atomic mass is 9.87. The van der Waals surface area contributed by atoms with Crippen LogP contribution in [-0.2, 0) is 16.0 Å². The van der Waals surface area contributed by atoms with Gasteiger partial charge in [-0.2, -0.15) is 0 Å². The third kappa shape index (κ3) is 10.3. The van der Waals surface area contributed by atoms with E-state index in [9.17, 15) is 9.90 Å². The molecule has 6 atom stereocenters. The van der Waals surface area contributed by atoms with Gasteiger partial charge in [-0.05, 0) is 57.6 Å². The Morgan fingerprint density at radius 3 is 2.41 bits per heavy atom. The minimum atomic E-state index is -0.537. The van der Waals surface area contributed by atoms with Gasteiger partial charge in [0, 0.05) is 17.5 Å². The Morgan fingerprint density at radius 1 is 1.08 bits per heavy atom. The highest BCUT2D eigenvalue weighted by Crippen LogP contribution is 2.44. The molecular formula is C32H45NO4. The van der Waals surface area contributed by atoms with E-state index in [-0.39, 0.29) is 36.2 Å². The average Bonchev–Trinajstić information content (AvgIpc) is 3.57. The van der Waals surface area contributed by atoms with Crippen LogP contribution in [0.3, 0.4) is 0 Å². The Bertz CT molecular complexity index is 1010. The van der Waals surface area contributed by atoms with Gasteiger partial charge in [0.05, 0.1) is 18.8 Å². The molecule has 0 radical (unpaired) electrons. The summed E-state index contributed by atoms with van der Waals surface area (Å²) in [5.74, 6) is 0.190. The lowest BCUT2D eigenvalue weighted by molar-refractivity contribution is -0.118. The van der Waals surface area contributed by atoms with Gasteiger partial charge in [-0.15, -0.1) is 0 Å². The molecular weight excluding hydrogens is 462 g/mol. The van der Waals surface area contributed by atoms with Crippen molar-refractivity contribution in [2.24, 2.45) is 11.8 Å². The van der Waals surface area contributed by atoms with Crippen LogP contribution in [0.2, 0.25) is 0 Å². The lowest BCUT2D eigenvalue weighted by Crippen LogP contribution is -2.35. The first kappa shape index (κ1) is 30.5. The van der Waals surface area contributed by atoms with Gasteiger partial charge in [0.1, 0.15) is 5.60 Å². The summed E-state index contributed by atoms with van der Waals surface area (Å²) in [4.78, 5) is 11.9. The smallest absolute Gasteiger partial charge is 0.247 e. The molecule has 1 aromatic carbocycles. The van der Waals surface area contributed by atoms with E-state index in [1.54, 1.807) is 26.0 Å². The highest BCUT2D eigenvalue weighted by Gasteiger charge is 2.54. The van der Waals surface area contributed by atoms with Crippen LogP contribution in [-0.4, -0.2) is 46.6 Å². The summed E-state index contributed by atoms with van der Waals surface area (Å²) in [5.41, 5.74) is 2.54. The van der Waals surface area contributed by atoms with Crippen molar-refractivity contribution >= 4 is 5.91 Å². The van der Waals surface area contributed by atoms with Crippen molar-refractivity contribution in [1.29, 1.82) is 0 Å². The van der Waals surface area contributed by atoms with Crippen LogP contribution in [0, 0.1) is 11.8 Å². The molecule has 0 aromatic heterocycles. The zero-order valence-corrected chi connectivity index (χ0v) is 23.2. The fraction of sp³-hybridized carbons (Fsp3) is 0.469. The van der Waals surface area contributed by atoms with E-state index >= 15 is 0 Å². The predicted octanol–water partition coefficient (Wildman–Crippen LogP) is 5.47. The Hall–Kier alpha value is -2.73. The molecule has 0 saturated carbocycles. The molecule has 1 fully saturated rings. The highest BCUT2D eigenvalue weighted by molar-refractivity contribution is 5.93. The molecule has 1 aliphatic rings.